The molecule has 1 saturated heterocycles. The van der Waals surface area contributed by atoms with Gasteiger partial charge in [-0.05, 0) is 43.0 Å². The third kappa shape index (κ3) is 3.52. The number of aromatic nitrogens is 1. The van der Waals surface area contributed by atoms with Gasteiger partial charge >= 0.3 is 0 Å². The number of anilines is 1. The quantitative estimate of drug-likeness (QED) is 0.744. The first-order valence-electron chi connectivity index (χ1n) is 9.24. The van der Waals surface area contributed by atoms with Crippen LogP contribution in [0.1, 0.15) is 18.4 Å². The van der Waals surface area contributed by atoms with E-state index in [2.05, 4.69) is 9.88 Å². The maximum absolute atomic E-state index is 14.2. The number of hydrogen-bond acceptors (Lipinski definition) is 3. The molecule has 0 amide bonds. The summed E-state index contributed by atoms with van der Waals surface area (Å²) in [5, 5.41) is 11.3. The molecule has 0 radical (unpaired) electrons. The predicted molar refractivity (Wildman–Crippen MR) is 103 cm³/mol. The lowest BCUT2D eigenvalue weighted by Crippen LogP contribution is -2.47. The van der Waals surface area contributed by atoms with Gasteiger partial charge < -0.3 is 10.0 Å². The topological polar surface area (TPSA) is 36.4 Å². The first kappa shape index (κ1) is 17.9. The minimum atomic E-state index is -0.581. The second-order valence-electron chi connectivity index (χ2n) is 7.44. The largest absolute Gasteiger partial charge is 0.396 e. The summed E-state index contributed by atoms with van der Waals surface area (Å²) in [6, 6.07) is 13.7. The number of aliphatic hydroxyl groups is 1. The lowest BCUT2D eigenvalue weighted by molar-refractivity contribution is 0.104. The van der Waals surface area contributed by atoms with Crippen LogP contribution in [-0.2, 0) is 6.42 Å². The van der Waals surface area contributed by atoms with E-state index in [-0.39, 0.29) is 6.61 Å². The van der Waals surface area contributed by atoms with E-state index in [1.165, 1.54) is 12.1 Å². The summed E-state index contributed by atoms with van der Waals surface area (Å²) in [6.45, 7) is 1.46. The van der Waals surface area contributed by atoms with Crippen LogP contribution < -0.4 is 4.90 Å². The number of piperidine rings is 1. The molecule has 1 fully saturated rings. The number of aliphatic hydroxyl groups excluding tert-OH is 1. The molecular weight excluding hydrogens is 346 g/mol. The zero-order valence-corrected chi connectivity index (χ0v) is 15.0. The molecule has 3 aromatic rings. The highest BCUT2D eigenvalue weighted by Crippen LogP contribution is 2.37. The zero-order valence-electron chi connectivity index (χ0n) is 15.0. The summed E-state index contributed by atoms with van der Waals surface area (Å²) in [5.41, 5.74) is 2.01. The van der Waals surface area contributed by atoms with Crippen LogP contribution in [0, 0.1) is 17.0 Å². The van der Waals surface area contributed by atoms with Crippen LogP contribution in [0.25, 0.3) is 10.9 Å². The first-order valence-corrected chi connectivity index (χ1v) is 9.24. The molecular formula is C22H22F2N2O. The molecule has 2 aromatic carbocycles. The van der Waals surface area contributed by atoms with E-state index in [0.29, 0.717) is 18.5 Å². The van der Waals surface area contributed by atoms with Crippen molar-refractivity contribution < 1.29 is 13.9 Å². The molecule has 1 atom stereocenters. The van der Waals surface area contributed by atoms with Crippen LogP contribution in [0.5, 0.6) is 0 Å². The van der Waals surface area contributed by atoms with Crippen molar-refractivity contribution in [2.75, 3.05) is 24.6 Å². The molecule has 0 unspecified atom stereocenters. The summed E-state index contributed by atoms with van der Waals surface area (Å²) in [4.78, 5) is 6.67. The van der Waals surface area contributed by atoms with Crippen LogP contribution >= 0.6 is 0 Å². The van der Waals surface area contributed by atoms with Gasteiger partial charge in [0.05, 0.1) is 12.1 Å². The van der Waals surface area contributed by atoms with Crippen molar-refractivity contribution in [3.05, 3.63) is 71.9 Å². The average Bonchev–Trinajstić information content (AvgIpc) is 2.70. The van der Waals surface area contributed by atoms with Crippen molar-refractivity contribution in [1.29, 1.82) is 0 Å². The number of pyridine rings is 1. The lowest BCUT2D eigenvalue weighted by atomic mass is 9.75. The molecule has 4 rings (SSSR count). The van der Waals surface area contributed by atoms with Crippen molar-refractivity contribution in [1.82, 2.24) is 4.98 Å². The normalized spacial score (nSPS) is 20.2. The van der Waals surface area contributed by atoms with Crippen molar-refractivity contribution in [2.45, 2.75) is 19.3 Å². The van der Waals surface area contributed by atoms with E-state index in [0.717, 1.165) is 42.0 Å². The number of fused-ring (bicyclic) bond motifs is 1. The SMILES string of the molecule is OC[C@@]1(Cc2ccc(F)cc2F)CCCN(c2ccnc3ccccc23)C1. The van der Waals surface area contributed by atoms with Gasteiger partial charge in [-0.2, -0.15) is 0 Å². The molecule has 0 aliphatic carbocycles. The summed E-state index contributed by atoms with van der Waals surface area (Å²) >= 11 is 0. The number of hydrogen-bond donors (Lipinski definition) is 1. The fraction of sp³-hybridized carbons (Fsp3) is 0.318. The van der Waals surface area contributed by atoms with Crippen LogP contribution in [-0.4, -0.2) is 29.8 Å². The summed E-state index contributed by atoms with van der Waals surface area (Å²) in [5.74, 6) is -1.13. The van der Waals surface area contributed by atoms with E-state index >= 15 is 0 Å². The van der Waals surface area contributed by atoms with Gasteiger partial charge in [0.1, 0.15) is 11.6 Å². The van der Waals surface area contributed by atoms with Crippen molar-refractivity contribution >= 4 is 16.6 Å². The highest BCUT2D eigenvalue weighted by Gasteiger charge is 2.36. The fourth-order valence-corrected chi connectivity index (χ4v) is 4.17. The molecule has 1 aliphatic heterocycles. The lowest BCUT2D eigenvalue weighted by Gasteiger charge is -2.43. The third-order valence-electron chi connectivity index (χ3n) is 5.54. The number of benzene rings is 2. The molecule has 1 aliphatic rings. The van der Waals surface area contributed by atoms with Crippen LogP contribution in [0.3, 0.4) is 0 Å². The predicted octanol–water partition coefficient (Wildman–Crippen LogP) is 4.33. The maximum atomic E-state index is 14.2. The van der Waals surface area contributed by atoms with Crippen LogP contribution in [0.2, 0.25) is 0 Å². The Morgan fingerprint density at radius 1 is 1.11 bits per heavy atom. The fourth-order valence-electron chi connectivity index (χ4n) is 4.17. The van der Waals surface area contributed by atoms with Crippen LogP contribution in [0.4, 0.5) is 14.5 Å². The van der Waals surface area contributed by atoms with Gasteiger partial charge in [-0.1, -0.05) is 24.3 Å². The van der Waals surface area contributed by atoms with Gasteiger partial charge in [-0.25, -0.2) is 8.78 Å². The summed E-state index contributed by atoms with van der Waals surface area (Å²) in [7, 11) is 0. The van der Waals surface area contributed by atoms with Gasteiger partial charge in [-0.15, -0.1) is 0 Å². The monoisotopic (exact) mass is 368 g/mol. The number of rotatable bonds is 4. The smallest absolute Gasteiger partial charge is 0.129 e. The van der Waals surface area contributed by atoms with E-state index in [1.807, 2.05) is 30.3 Å². The zero-order chi connectivity index (χ0) is 18.9. The van der Waals surface area contributed by atoms with Gasteiger partial charge in [0.25, 0.3) is 0 Å². The summed E-state index contributed by atoms with van der Waals surface area (Å²) < 4.78 is 27.4. The van der Waals surface area contributed by atoms with Gasteiger partial charge in [0.2, 0.25) is 0 Å². The van der Waals surface area contributed by atoms with Crippen molar-refractivity contribution in [3.8, 4) is 0 Å². The second-order valence-corrected chi connectivity index (χ2v) is 7.44. The minimum Gasteiger partial charge on any atom is -0.396 e. The Morgan fingerprint density at radius 3 is 2.78 bits per heavy atom. The second kappa shape index (κ2) is 7.24. The van der Waals surface area contributed by atoms with Crippen LogP contribution in [0.15, 0.2) is 54.7 Å². The van der Waals surface area contributed by atoms with E-state index in [4.69, 9.17) is 0 Å². The summed E-state index contributed by atoms with van der Waals surface area (Å²) in [6.07, 6.45) is 3.89. The number of nitrogens with zero attached hydrogens (tertiary/aromatic N) is 2. The Kier molecular flexibility index (Phi) is 4.79. The highest BCUT2D eigenvalue weighted by molar-refractivity contribution is 5.91. The molecule has 0 bridgehead atoms. The minimum absolute atomic E-state index is 0.0384. The average molecular weight is 368 g/mol. The molecule has 0 spiro atoms. The number of halogens is 2. The Balaban J connectivity index is 1.65. The van der Waals surface area contributed by atoms with E-state index < -0.39 is 17.0 Å². The van der Waals surface area contributed by atoms with Gasteiger partial charge in [-0.3, -0.25) is 4.98 Å². The number of para-hydroxylation sites is 1. The van der Waals surface area contributed by atoms with E-state index in [1.54, 1.807) is 6.20 Å². The molecule has 5 heteroatoms. The standard InChI is InChI=1S/C22H22F2N2O/c23-17-7-6-16(19(24)12-17)13-22(15-27)9-3-11-26(14-22)21-8-10-25-20-5-2-1-4-18(20)21/h1-2,4-8,10,12,27H,3,9,11,13-15H2/t22-/m1/s1. The third-order valence-corrected chi connectivity index (χ3v) is 5.54. The van der Waals surface area contributed by atoms with E-state index in [9.17, 15) is 13.9 Å². The maximum Gasteiger partial charge on any atom is 0.129 e. The Labute approximate surface area is 157 Å². The van der Waals surface area contributed by atoms with Crippen molar-refractivity contribution in [3.63, 3.8) is 0 Å². The highest BCUT2D eigenvalue weighted by atomic mass is 19.1. The van der Waals surface area contributed by atoms with Gasteiger partial charge in [0, 0.05) is 41.8 Å². The molecule has 2 heterocycles. The molecule has 1 N–H and O–H groups in total. The first-order chi connectivity index (χ1) is 13.1. The molecule has 0 saturated carbocycles. The Bertz CT molecular complexity index is 957. The Morgan fingerprint density at radius 2 is 1.96 bits per heavy atom. The molecule has 27 heavy (non-hydrogen) atoms. The Hall–Kier alpha value is -2.53. The molecule has 3 nitrogen and oxygen atoms in total. The molecule has 140 valence electrons. The van der Waals surface area contributed by atoms with Gasteiger partial charge in [0.15, 0.2) is 0 Å². The molecule has 1 aromatic heterocycles. The van der Waals surface area contributed by atoms with Crippen molar-refractivity contribution in [2.24, 2.45) is 5.41 Å².